The first-order valence-corrected chi connectivity index (χ1v) is 5.04. The zero-order valence-corrected chi connectivity index (χ0v) is 9.53. The lowest BCUT2D eigenvalue weighted by molar-refractivity contribution is 0.621. The topological polar surface area (TPSA) is 80.6 Å². The van der Waals surface area contributed by atoms with Gasteiger partial charge in [-0.3, -0.25) is 5.41 Å². The smallest absolute Gasteiger partial charge is 0.148 e. The summed E-state index contributed by atoms with van der Waals surface area (Å²) >= 11 is 0. The maximum Gasteiger partial charge on any atom is 0.148 e. The average Bonchev–Trinajstić information content (AvgIpc) is 2.56. The van der Waals surface area contributed by atoms with Gasteiger partial charge in [0.15, 0.2) is 0 Å². The van der Waals surface area contributed by atoms with Gasteiger partial charge in [-0.25, -0.2) is 14.1 Å². The van der Waals surface area contributed by atoms with Gasteiger partial charge in [0.2, 0.25) is 0 Å². The van der Waals surface area contributed by atoms with Crippen molar-refractivity contribution in [2.45, 2.75) is 13.8 Å². The van der Waals surface area contributed by atoms with Crippen LogP contribution in [-0.2, 0) is 0 Å². The molecule has 1 aromatic heterocycles. The molecule has 2 aromatic rings. The number of hydrogen-bond donors (Lipinski definition) is 2. The first-order valence-electron chi connectivity index (χ1n) is 5.04. The number of benzene rings is 1. The molecule has 0 amide bonds. The Morgan fingerprint density at radius 2 is 2.12 bits per heavy atom. The van der Waals surface area contributed by atoms with Crippen molar-refractivity contribution in [1.82, 2.24) is 14.8 Å². The molecule has 0 aliphatic rings. The van der Waals surface area contributed by atoms with E-state index in [1.54, 1.807) is 26.0 Å². The van der Waals surface area contributed by atoms with Crippen molar-refractivity contribution in [2.75, 3.05) is 0 Å². The second-order valence-electron chi connectivity index (χ2n) is 3.67. The number of aryl methyl sites for hydroxylation is 2. The standard InChI is InChI=1S/C11H12FN5/c1-6-15-7(2)17(16-6)9-5-3-4-8(12)10(9)11(13)14/h3-5H,1-2H3,(H3,13,14). The monoisotopic (exact) mass is 233 g/mol. The van der Waals surface area contributed by atoms with Gasteiger partial charge in [0.05, 0.1) is 11.3 Å². The van der Waals surface area contributed by atoms with Gasteiger partial charge < -0.3 is 5.73 Å². The molecule has 3 N–H and O–H groups in total. The summed E-state index contributed by atoms with van der Waals surface area (Å²) in [6.45, 7) is 3.51. The van der Waals surface area contributed by atoms with Gasteiger partial charge in [0.25, 0.3) is 0 Å². The zero-order chi connectivity index (χ0) is 12.6. The van der Waals surface area contributed by atoms with E-state index >= 15 is 0 Å². The van der Waals surface area contributed by atoms with Crippen molar-refractivity contribution >= 4 is 5.84 Å². The number of nitrogens with two attached hydrogens (primary N) is 1. The molecular weight excluding hydrogens is 221 g/mol. The first-order chi connectivity index (χ1) is 8.00. The van der Waals surface area contributed by atoms with Crippen molar-refractivity contribution < 1.29 is 4.39 Å². The fourth-order valence-corrected chi connectivity index (χ4v) is 1.71. The second kappa shape index (κ2) is 3.97. The Balaban J connectivity index is 2.71. The van der Waals surface area contributed by atoms with Crippen LogP contribution in [0.25, 0.3) is 5.69 Å². The van der Waals surface area contributed by atoms with Crippen LogP contribution in [0.3, 0.4) is 0 Å². The van der Waals surface area contributed by atoms with E-state index in [2.05, 4.69) is 10.1 Å². The normalized spacial score (nSPS) is 10.5. The molecule has 0 aliphatic heterocycles. The van der Waals surface area contributed by atoms with E-state index in [0.717, 1.165) is 0 Å². The summed E-state index contributed by atoms with van der Waals surface area (Å²) in [6, 6.07) is 4.47. The number of hydrogen-bond acceptors (Lipinski definition) is 3. The van der Waals surface area contributed by atoms with Crippen LogP contribution < -0.4 is 5.73 Å². The highest BCUT2D eigenvalue weighted by Crippen LogP contribution is 2.18. The summed E-state index contributed by atoms with van der Waals surface area (Å²) in [4.78, 5) is 4.14. The van der Waals surface area contributed by atoms with Crippen molar-refractivity contribution in [2.24, 2.45) is 5.73 Å². The summed E-state index contributed by atoms with van der Waals surface area (Å²) in [6.07, 6.45) is 0. The highest BCUT2D eigenvalue weighted by Gasteiger charge is 2.15. The van der Waals surface area contributed by atoms with Crippen LogP contribution in [-0.4, -0.2) is 20.6 Å². The lowest BCUT2D eigenvalue weighted by Crippen LogP contribution is -2.17. The number of nitrogens with zero attached hydrogens (tertiary/aromatic N) is 3. The molecule has 1 heterocycles. The van der Waals surface area contributed by atoms with Crippen LogP contribution in [0.15, 0.2) is 18.2 Å². The third-order valence-electron chi connectivity index (χ3n) is 2.36. The molecule has 0 aliphatic carbocycles. The van der Waals surface area contributed by atoms with E-state index in [0.29, 0.717) is 17.3 Å². The van der Waals surface area contributed by atoms with E-state index in [1.807, 2.05) is 0 Å². The van der Waals surface area contributed by atoms with Crippen molar-refractivity contribution in [3.8, 4) is 5.69 Å². The molecule has 0 spiro atoms. The third-order valence-corrected chi connectivity index (χ3v) is 2.36. The zero-order valence-electron chi connectivity index (χ0n) is 9.53. The van der Waals surface area contributed by atoms with Crippen LogP contribution in [0.1, 0.15) is 17.2 Å². The van der Waals surface area contributed by atoms with E-state index in [-0.39, 0.29) is 11.4 Å². The largest absolute Gasteiger partial charge is 0.384 e. The summed E-state index contributed by atoms with van der Waals surface area (Å²) in [7, 11) is 0. The fourth-order valence-electron chi connectivity index (χ4n) is 1.71. The second-order valence-corrected chi connectivity index (χ2v) is 3.67. The number of amidine groups is 1. The van der Waals surface area contributed by atoms with Crippen LogP contribution in [0.5, 0.6) is 0 Å². The Labute approximate surface area is 97.6 Å². The minimum absolute atomic E-state index is 0.0421. The van der Waals surface area contributed by atoms with Gasteiger partial charge in [0, 0.05) is 0 Å². The molecule has 0 unspecified atom stereocenters. The number of nitrogens with one attached hydrogen (secondary N) is 1. The minimum Gasteiger partial charge on any atom is -0.384 e. The average molecular weight is 233 g/mol. The molecule has 1 aromatic carbocycles. The van der Waals surface area contributed by atoms with E-state index in [1.165, 1.54) is 10.7 Å². The highest BCUT2D eigenvalue weighted by atomic mass is 19.1. The Kier molecular flexibility index (Phi) is 2.63. The molecule has 0 atom stereocenters. The van der Waals surface area contributed by atoms with Gasteiger partial charge in [0.1, 0.15) is 23.3 Å². The molecule has 17 heavy (non-hydrogen) atoms. The van der Waals surface area contributed by atoms with Crippen LogP contribution in [0.4, 0.5) is 4.39 Å². The predicted molar refractivity (Wildman–Crippen MR) is 61.8 cm³/mol. The maximum absolute atomic E-state index is 13.6. The quantitative estimate of drug-likeness (QED) is 0.606. The predicted octanol–water partition coefficient (Wildman–Crippen LogP) is 1.31. The Hall–Kier alpha value is -2.24. The molecule has 5 nitrogen and oxygen atoms in total. The molecular formula is C11H12FN5. The molecule has 0 fully saturated rings. The number of nitrogen functional groups attached to an aromatic ring is 1. The number of aromatic nitrogens is 3. The van der Waals surface area contributed by atoms with Gasteiger partial charge in [-0.2, -0.15) is 5.10 Å². The lowest BCUT2D eigenvalue weighted by Gasteiger charge is -2.09. The van der Waals surface area contributed by atoms with Crippen LogP contribution in [0.2, 0.25) is 0 Å². The summed E-state index contributed by atoms with van der Waals surface area (Å²) in [5, 5.41) is 11.6. The molecule has 0 bridgehead atoms. The fraction of sp³-hybridized carbons (Fsp3) is 0.182. The lowest BCUT2D eigenvalue weighted by atomic mass is 10.1. The van der Waals surface area contributed by atoms with E-state index < -0.39 is 5.82 Å². The van der Waals surface area contributed by atoms with E-state index in [4.69, 9.17) is 11.1 Å². The van der Waals surface area contributed by atoms with Gasteiger partial charge >= 0.3 is 0 Å². The molecule has 6 heteroatoms. The molecule has 88 valence electrons. The maximum atomic E-state index is 13.6. The van der Waals surface area contributed by atoms with Gasteiger partial charge in [-0.05, 0) is 26.0 Å². The first kappa shape index (κ1) is 11.3. The molecule has 0 radical (unpaired) electrons. The Morgan fingerprint density at radius 3 is 2.65 bits per heavy atom. The Morgan fingerprint density at radius 1 is 1.41 bits per heavy atom. The van der Waals surface area contributed by atoms with Crippen LogP contribution >= 0.6 is 0 Å². The summed E-state index contributed by atoms with van der Waals surface area (Å²) < 4.78 is 15.1. The summed E-state index contributed by atoms with van der Waals surface area (Å²) in [5.74, 6) is 0.338. The SMILES string of the molecule is Cc1nc(C)n(-c2cccc(F)c2C(=N)N)n1. The van der Waals surface area contributed by atoms with Crippen molar-refractivity contribution in [1.29, 1.82) is 5.41 Å². The molecule has 0 saturated heterocycles. The Bertz CT molecular complexity index is 588. The number of rotatable bonds is 2. The highest BCUT2D eigenvalue weighted by molar-refractivity contribution is 5.98. The van der Waals surface area contributed by atoms with Crippen molar-refractivity contribution in [3.05, 3.63) is 41.2 Å². The third kappa shape index (κ3) is 1.89. The minimum atomic E-state index is -0.539. The molecule has 0 saturated carbocycles. The van der Waals surface area contributed by atoms with E-state index in [9.17, 15) is 4.39 Å². The van der Waals surface area contributed by atoms with Crippen molar-refractivity contribution in [3.63, 3.8) is 0 Å². The van der Waals surface area contributed by atoms with Crippen LogP contribution in [0, 0.1) is 25.1 Å². The number of halogens is 1. The molecule has 2 rings (SSSR count). The van der Waals surface area contributed by atoms with Gasteiger partial charge in [-0.1, -0.05) is 6.07 Å². The summed E-state index contributed by atoms with van der Waals surface area (Å²) in [5.41, 5.74) is 5.86. The van der Waals surface area contributed by atoms with Gasteiger partial charge in [-0.15, -0.1) is 0 Å².